The van der Waals surface area contributed by atoms with E-state index in [1.807, 2.05) is 24.3 Å². The minimum absolute atomic E-state index is 0.236. The number of anilines is 1. The van der Waals surface area contributed by atoms with E-state index in [1.54, 1.807) is 24.3 Å². The molecular formula is C21H21ClN2O2S. The van der Waals surface area contributed by atoms with Gasteiger partial charge in [-0.05, 0) is 43.2 Å². The molecule has 0 radical (unpaired) electrons. The van der Waals surface area contributed by atoms with Crippen molar-refractivity contribution in [3.8, 4) is 0 Å². The first kappa shape index (κ1) is 18.3. The Bertz CT molecular complexity index is 1060. The number of para-hydroxylation sites is 1. The van der Waals surface area contributed by atoms with Gasteiger partial charge >= 0.3 is 0 Å². The SMILES string of the molecule is O=S(=O)(c1ccc(Cl)cc1)c1cnc2ccccc2c1N1CCCCCC1. The van der Waals surface area contributed by atoms with Crippen LogP contribution in [0, 0.1) is 0 Å². The summed E-state index contributed by atoms with van der Waals surface area (Å²) in [6, 6.07) is 14.1. The van der Waals surface area contributed by atoms with Crippen LogP contribution in [0.5, 0.6) is 0 Å². The van der Waals surface area contributed by atoms with Gasteiger partial charge in [0, 0.05) is 29.7 Å². The summed E-state index contributed by atoms with van der Waals surface area (Å²) in [5, 5.41) is 1.40. The molecule has 2 aromatic carbocycles. The van der Waals surface area contributed by atoms with Crippen molar-refractivity contribution in [2.75, 3.05) is 18.0 Å². The van der Waals surface area contributed by atoms with Gasteiger partial charge in [0.2, 0.25) is 9.84 Å². The van der Waals surface area contributed by atoms with Crippen molar-refractivity contribution in [1.82, 2.24) is 4.98 Å². The van der Waals surface area contributed by atoms with Gasteiger partial charge in [-0.3, -0.25) is 4.98 Å². The molecule has 1 fully saturated rings. The minimum Gasteiger partial charge on any atom is -0.370 e. The summed E-state index contributed by atoms with van der Waals surface area (Å²) in [4.78, 5) is 7.16. The Kier molecular flexibility index (Phi) is 5.06. The van der Waals surface area contributed by atoms with Gasteiger partial charge in [-0.15, -0.1) is 0 Å². The Labute approximate surface area is 164 Å². The quantitative estimate of drug-likeness (QED) is 0.613. The predicted molar refractivity (Wildman–Crippen MR) is 109 cm³/mol. The van der Waals surface area contributed by atoms with Gasteiger partial charge in [0.25, 0.3) is 0 Å². The lowest BCUT2D eigenvalue weighted by atomic mass is 10.1. The van der Waals surface area contributed by atoms with Crippen molar-refractivity contribution in [2.45, 2.75) is 35.5 Å². The standard InChI is InChI=1S/C21H21ClN2O2S/c22-16-9-11-17(12-10-16)27(25,26)20-15-23-19-8-4-3-7-18(19)21(20)24-13-5-1-2-6-14-24/h3-4,7-12,15H,1-2,5-6,13-14H2. The number of pyridine rings is 1. The number of rotatable bonds is 3. The van der Waals surface area contributed by atoms with E-state index >= 15 is 0 Å². The molecule has 1 aromatic heterocycles. The molecule has 140 valence electrons. The Morgan fingerprint density at radius 3 is 2.26 bits per heavy atom. The van der Waals surface area contributed by atoms with E-state index < -0.39 is 9.84 Å². The highest BCUT2D eigenvalue weighted by Crippen LogP contribution is 2.36. The zero-order valence-electron chi connectivity index (χ0n) is 14.9. The molecular weight excluding hydrogens is 380 g/mol. The molecule has 0 unspecified atom stereocenters. The van der Waals surface area contributed by atoms with E-state index in [2.05, 4.69) is 9.88 Å². The second-order valence-electron chi connectivity index (χ2n) is 6.85. The molecule has 0 amide bonds. The summed E-state index contributed by atoms with van der Waals surface area (Å²) in [6.07, 6.45) is 6.00. The highest BCUT2D eigenvalue weighted by molar-refractivity contribution is 7.91. The van der Waals surface area contributed by atoms with Gasteiger partial charge in [-0.25, -0.2) is 8.42 Å². The van der Waals surface area contributed by atoms with Crippen LogP contribution in [0.4, 0.5) is 5.69 Å². The molecule has 1 saturated heterocycles. The molecule has 2 heterocycles. The van der Waals surface area contributed by atoms with Crippen molar-refractivity contribution in [1.29, 1.82) is 0 Å². The molecule has 0 saturated carbocycles. The zero-order chi connectivity index (χ0) is 18.9. The Morgan fingerprint density at radius 2 is 1.56 bits per heavy atom. The van der Waals surface area contributed by atoms with Gasteiger partial charge in [0.1, 0.15) is 4.90 Å². The fourth-order valence-electron chi connectivity index (χ4n) is 3.67. The van der Waals surface area contributed by atoms with E-state index in [0.717, 1.165) is 42.5 Å². The molecule has 0 bridgehead atoms. The minimum atomic E-state index is -3.70. The molecule has 0 atom stereocenters. The van der Waals surface area contributed by atoms with Crippen LogP contribution in [0.15, 0.2) is 64.5 Å². The van der Waals surface area contributed by atoms with Crippen molar-refractivity contribution in [3.05, 3.63) is 59.8 Å². The first-order valence-electron chi connectivity index (χ1n) is 9.21. The lowest BCUT2D eigenvalue weighted by Crippen LogP contribution is -2.26. The maximum atomic E-state index is 13.4. The molecule has 27 heavy (non-hydrogen) atoms. The number of halogens is 1. The number of aromatic nitrogens is 1. The maximum absolute atomic E-state index is 13.4. The highest BCUT2D eigenvalue weighted by Gasteiger charge is 2.27. The van der Waals surface area contributed by atoms with Crippen molar-refractivity contribution >= 4 is 38.0 Å². The molecule has 3 aromatic rings. The molecule has 1 aliphatic heterocycles. The molecule has 0 aliphatic carbocycles. The van der Waals surface area contributed by atoms with Crippen LogP contribution in [0.2, 0.25) is 5.02 Å². The van der Waals surface area contributed by atoms with Crippen LogP contribution in [0.25, 0.3) is 10.9 Å². The zero-order valence-corrected chi connectivity index (χ0v) is 16.5. The average molecular weight is 401 g/mol. The fraction of sp³-hybridized carbons (Fsp3) is 0.286. The summed E-state index contributed by atoms with van der Waals surface area (Å²) in [5.74, 6) is 0. The number of fused-ring (bicyclic) bond motifs is 1. The first-order valence-corrected chi connectivity index (χ1v) is 11.1. The summed E-state index contributed by atoms with van der Waals surface area (Å²) >= 11 is 5.94. The first-order chi connectivity index (χ1) is 13.1. The van der Waals surface area contributed by atoms with Crippen molar-refractivity contribution in [2.24, 2.45) is 0 Å². The van der Waals surface area contributed by atoms with Crippen LogP contribution < -0.4 is 4.90 Å². The highest BCUT2D eigenvalue weighted by atomic mass is 35.5. The van der Waals surface area contributed by atoms with Crippen LogP contribution in [-0.2, 0) is 9.84 Å². The number of nitrogens with zero attached hydrogens (tertiary/aromatic N) is 2. The molecule has 4 rings (SSSR count). The normalized spacial score (nSPS) is 15.7. The molecule has 6 heteroatoms. The Morgan fingerprint density at radius 1 is 0.889 bits per heavy atom. The summed E-state index contributed by atoms with van der Waals surface area (Å²) in [7, 11) is -3.70. The summed E-state index contributed by atoms with van der Waals surface area (Å²) in [5.41, 5.74) is 1.59. The number of hydrogen-bond acceptors (Lipinski definition) is 4. The third-order valence-electron chi connectivity index (χ3n) is 5.05. The van der Waals surface area contributed by atoms with Crippen LogP contribution in [0.1, 0.15) is 25.7 Å². The molecule has 0 spiro atoms. The van der Waals surface area contributed by atoms with Crippen LogP contribution >= 0.6 is 11.6 Å². The number of hydrogen-bond donors (Lipinski definition) is 0. The van der Waals surface area contributed by atoms with Gasteiger partial charge in [0.15, 0.2) is 0 Å². The number of sulfone groups is 1. The number of benzene rings is 2. The lowest BCUT2D eigenvalue weighted by Gasteiger charge is -2.26. The fourth-order valence-corrected chi connectivity index (χ4v) is 5.23. The van der Waals surface area contributed by atoms with E-state index in [0.29, 0.717) is 5.02 Å². The van der Waals surface area contributed by atoms with Crippen LogP contribution in [-0.4, -0.2) is 26.5 Å². The van der Waals surface area contributed by atoms with Gasteiger partial charge in [0.05, 0.1) is 16.1 Å². The Balaban J connectivity index is 1.94. The largest absolute Gasteiger partial charge is 0.370 e. The second-order valence-corrected chi connectivity index (χ2v) is 9.20. The smallest absolute Gasteiger partial charge is 0.210 e. The second kappa shape index (κ2) is 7.49. The molecule has 0 N–H and O–H groups in total. The van der Waals surface area contributed by atoms with E-state index in [1.165, 1.54) is 19.0 Å². The molecule has 1 aliphatic rings. The molecule has 4 nitrogen and oxygen atoms in total. The topological polar surface area (TPSA) is 50.3 Å². The van der Waals surface area contributed by atoms with Gasteiger partial charge < -0.3 is 4.90 Å². The average Bonchev–Trinajstić information content (AvgIpc) is 2.96. The monoisotopic (exact) mass is 400 g/mol. The van der Waals surface area contributed by atoms with Crippen LogP contribution in [0.3, 0.4) is 0 Å². The lowest BCUT2D eigenvalue weighted by molar-refractivity contribution is 0.595. The van der Waals surface area contributed by atoms with E-state index in [9.17, 15) is 8.42 Å². The van der Waals surface area contributed by atoms with E-state index in [4.69, 9.17) is 11.6 Å². The third-order valence-corrected chi connectivity index (χ3v) is 7.07. The summed E-state index contributed by atoms with van der Waals surface area (Å²) in [6.45, 7) is 1.72. The maximum Gasteiger partial charge on any atom is 0.210 e. The van der Waals surface area contributed by atoms with E-state index in [-0.39, 0.29) is 9.79 Å². The van der Waals surface area contributed by atoms with Gasteiger partial charge in [-0.1, -0.05) is 42.6 Å². The van der Waals surface area contributed by atoms with Crippen molar-refractivity contribution < 1.29 is 8.42 Å². The Hall–Kier alpha value is -2.11. The van der Waals surface area contributed by atoms with Gasteiger partial charge in [-0.2, -0.15) is 0 Å². The van der Waals surface area contributed by atoms with Crippen molar-refractivity contribution in [3.63, 3.8) is 0 Å². The predicted octanol–water partition coefficient (Wildman–Crippen LogP) is 5.10. The third kappa shape index (κ3) is 3.54. The summed E-state index contributed by atoms with van der Waals surface area (Å²) < 4.78 is 26.9.